The van der Waals surface area contributed by atoms with Crippen LogP contribution < -0.4 is 14.5 Å². The molecule has 0 unspecified atom stereocenters. The quantitative estimate of drug-likeness (QED) is 0.384. The lowest BCUT2D eigenvalue weighted by Crippen LogP contribution is -2.34. The van der Waals surface area contributed by atoms with Crippen molar-refractivity contribution in [1.29, 1.82) is 0 Å². The van der Waals surface area contributed by atoms with Crippen LogP contribution in [0.3, 0.4) is 0 Å². The van der Waals surface area contributed by atoms with E-state index in [1.807, 2.05) is 0 Å². The van der Waals surface area contributed by atoms with Crippen LogP contribution in [0.5, 0.6) is 5.75 Å². The summed E-state index contributed by atoms with van der Waals surface area (Å²) in [5, 5.41) is 2.31. The van der Waals surface area contributed by atoms with Gasteiger partial charge in [-0.15, -0.1) is 0 Å². The molecule has 160 valence electrons. The van der Waals surface area contributed by atoms with E-state index in [4.69, 9.17) is 4.74 Å². The average Bonchev–Trinajstić information content (AvgIpc) is 2.83. The zero-order valence-corrected chi connectivity index (χ0v) is 19.0. The lowest BCUT2D eigenvalue weighted by molar-refractivity contribution is 0.163. The Morgan fingerprint density at radius 1 is 0.625 bits per heavy atom. The van der Waals surface area contributed by atoms with Gasteiger partial charge in [0.1, 0.15) is 5.75 Å². The number of benzene rings is 4. The Balaban J connectivity index is 1.70. The van der Waals surface area contributed by atoms with Gasteiger partial charge >= 0.3 is 0 Å². The van der Waals surface area contributed by atoms with Crippen molar-refractivity contribution >= 4 is 28.2 Å². The van der Waals surface area contributed by atoms with Crippen LogP contribution in [0.15, 0.2) is 91.0 Å². The fourth-order valence-electron chi connectivity index (χ4n) is 4.40. The monoisotopic (exact) mass is 420 g/mol. The largest absolute Gasteiger partial charge is 0.472 e. The third kappa shape index (κ3) is 3.31. The summed E-state index contributed by atoms with van der Waals surface area (Å²) in [6.45, 7) is 0. The molecule has 0 spiro atoms. The number of hydrogen-bond acceptors (Lipinski definition) is 3. The molecule has 3 heteroatoms. The maximum absolute atomic E-state index is 6.99. The van der Waals surface area contributed by atoms with Gasteiger partial charge in [-0.1, -0.05) is 66.7 Å². The van der Waals surface area contributed by atoms with Crippen LogP contribution in [-0.4, -0.2) is 28.2 Å². The molecule has 0 saturated heterocycles. The van der Waals surface area contributed by atoms with Crippen molar-refractivity contribution in [3.63, 3.8) is 0 Å². The molecule has 0 fully saturated rings. The predicted octanol–water partition coefficient (Wildman–Crippen LogP) is 6.32. The van der Waals surface area contributed by atoms with E-state index in [0.29, 0.717) is 0 Å². The van der Waals surface area contributed by atoms with Gasteiger partial charge in [-0.3, -0.25) is 0 Å². The predicted molar refractivity (Wildman–Crippen MR) is 136 cm³/mol. The van der Waals surface area contributed by atoms with Gasteiger partial charge in [0.15, 0.2) is 5.60 Å². The molecule has 1 heterocycles. The Morgan fingerprint density at radius 3 is 1.75 bits per heavy atom. The minimum atomic E-state index is -0.702. The zero-order valence-electron chi connectivity index (χ0n) is 19.0. The number of fused-ring (bicyclic) bond motifs is 3. The lowest BCUT2D eigenvalue weighted by atomic mass is 9.83. The van der Waals surface area contributed by atoms with Gasteiger partial charge in [-0.05, 0) is 35.7 Å². The van der Waals surface area contributed by atoms with E-state index in [0.717, 1.165) is 39.2 Å². The highest BCUT2D eigenvalue weighted by Crippen LogP contribution is 2.45. The maximum Gasteiger partial charge on any atom is 0.178 e. The molecule has 1 aliphatic rings. The molecule has 4 aromatic carbocycles. The van der Waals surface area contributed by atoms with Gasteiger partial charge in [0, 0.05) is 61.6 Å². The van der Waals surface area contributed by atoms with Crippen LogP contribution in [0, 0.1) is 0 Å². The second kappa shape index (κ2) is 7.76. The maximum atomic E-state index is 6.99. The summed E-state index contributed by atoms with van der Waals surface area (Å²) >= 11 is 0. The highest BCUT2D eigenvalue weighted by atomic mass is 16.5. The third-order valence-corrected chi connectivity index (χ3v) is 6.30. The highest BCUT2D eigenvalue weighted by molar-refractivity contribution is 5.92. The topological polar surface area (TPSA) is 15.7 Å². The van der Waals surface area contributed by atoms with Crippen molar-refractivity contribution in [2.24, 2.45) is 0 Å². The molecule has 0 bridgehead atoms. The molecule has 0 atom stereocenters. The zero-order chi connectivity index (χ0) is 22.3. The van der Waals surface area contributed by atoms with Gasteiger partial charge in [0.05, 0.1) is 0 Å². The number of nitrogens with zero attached hydrogens (tertiary/aromatic N) is 2. The normalized spacial score (nSPS) is 14.0. The molecule has 0 radical (unpaired) electrons. The second-order valence-electron chi connectivity index (χ2n) is 8.76. The third-order valence-electron chi connectivity index (χ3n) is 6.30. The standard InChI is InChI=1S/C29H28N2O/c1-30(2)25-15-11-23(12-16-25)29(24-13-17-26(18-14-24)31(3)4)20-19-22-10-9-21-7-5-6-8-27(21)28(22)32-29/h5-20H,1-4H3. The molecule has 0 N–H and O–H groups in total. The molecule has 0 saturated carbocycles. The number of anilines is 2. The Bertz CT molecular complexity index is 1230. The first-order chi connectivity index (χ1) is 15.5. The number of ether oxygens (including phenoxy) is 1. The average molecular weight is 421 g/mol. The van der Waals surface area contributed by atoms with Crippen molar-refractivity contribution in [2.45, 2.75) is 5.60 Å². The molecule has 4 aromatic rings. The van der Waals surface area contributed by atoms with Crippen LogP contribution >= 0.6 is 0 Å². The van der Waals surface area contributed by atoms with E-state index in [1.165, 1.54) is 5.39 Å². The molecule has 0 aromatic heterocycles. The van der Waals surface area contributed by atoms with Crippen molar-refractivity contribution in [1.82, 2.24) is 0 Å². The Hall–Kier alpha value is -3.72. The smallest absolute Gasteiger partial charge is 0.178 e. The van der Waals surface area contributed by atoms with Gasteiger partial charge < -0.3 is 14.5 Å². The molecular formula is C29H28N2O. The van der Waals surface area contributed by atoms with E-state index in [9.17, 15) is 0 Å². The Morgan fingerprint density at radius 2 is 1.19 bits per heavy atom. The van der Waals surface area contributed by atoms with E-state index in [1.54, 1.807) is 0 Å². The summed E-state index contributed by atoms with van der Waals surface area (Å²) in [5.41, 5.74) is 4.95. The summed E-state index contributed by atoms with van der Waals surface area (Å²) in [6, 6.07) is 30.0. The molecule has 32 heavy (non-hydrogen) atoms. The number of hydrogen-bond donors (Lipinski definition) is 0. The van der Waals surface area contributed by atoms with Crippen molar-refractivity contribution < 1.29 is 4.74 Å². The van der Waals surface area contributed by atoms with Gasteiger partial charge in [-0.2, -0.15) is 0 Å². The Kier molecular flexibility index (Phi) is 4.90. The van der Waals surface area contributed by atoms with Crippen LogP contribution in [0.2, 0.25) is 0 Å². The fraction of sp³-hybridized carbons (Fsp3) is 0.172. The van der Waals surface area contributed by atoms with Crippen molar-refractivity contribution in [3.8, 4) is 5.75 Å². The summed E-state index contributed by atoms with van der Waals surface area (Å²) in [5.74, 6) is 0.930. The van der Waals surface area contributed by atoms with Crippen molar-refractivity contribution in [3.05, 3.63) is 108 Å². The molecule has 3 nitrogen and oxygen atoms in total. The lowest BCUT2D eigenvalue weighted by Gasteiger charge is -2.37. The molecule has 0 aliphatic carbocycles. The van der Waals surface area contributed by atoms with E-state index >= 15 is 0 Å². The molecule has 0 amide bonds. The minimum absolute atomic E-state index is 0.702. The first-order valence-electron chi connectivity index (χ1n) is 10.9. The highest BCUT2D eigenvalue weighted by Gasteiger charge is 2.37. The Labute approximate surface area is 190 Å². The van der Waals surface area contributed by atoms with Crippen LogP contribution in [0.4, 0.5) is 11.4 Å². The second-order valence-corrected chi connectivity index (χ2v) is 8.76. The van der Waals surface area contributed by atoms with Crippen molar-refractivity contribution in [2.75, 3.05) is 38.0 Å². The van der Waals surface area contributed by atoms with Gasteiger partial charge in [0.25, 0.3) is 0 Å². The van der Waals surface area contributed by atoms with Crippen LogP contribution in [-0.2, 0) is 5.60 Å². The minimum Gasteiger partial charge on any atom is -0.472 e. The van der Waals surface area contributed by atoms with E-state index in [2.05, 4.69) is 135 Å². The fourth-order valence-corrected chi connectivity index (χ4v) is 4.40. The first-order valence-corrected chi connectivity index (χ1v) is 10.9. The first kappa shape index (κ1) is 20.2. The van der Waals surface area contributed by atoms with E-state index in [-0.39, 0.29) is 0 Å². The SMILES string of the molecule is CN(C)c1ccc(C2(c3ccc(N(C)C)cc3)C=Cc3ccc4ccccc4c3O2)cc1. The van der Waals surface area contributed by atoms with Gasteiger partial charge in [-0.25, -0.2) is 0 Å². The molecule has 5 rings (SSSR count). The summed E-state index contributed by atoms with van der Waals surface area (Å²) in [6.07, 6.45) is 4.39. The summed E-state index contributed by atoms with van der Waals surface area (Å²) in [4.78, 5) is 4.23. The van der Waals surface area contributed by atoms with E-state index < -0.39 is 5.60 Å². The van der Waals surface area contributed by atoms with Crippen LogP contribution in [0.1, 0.15) is 16.7 Å². The number of rotatable bonds is 4. The molecular weight excluding hydrogens is 392 g/mol. The molecule has 1 aliphatic heterocycles. The van der Waals surface area contributed by atoms with Crippen LogP contribution in [0.25, 0.3) is 16.8 Å². The summed E-state index contributed by atoms with van der Waals surface area (Å²) in [7, 11) is 8.24. The summed E-state index contributed by atoms with van der Waals surface area (Å²) < 4.78 is 6.99. The van der Waals surface area contributed by atoms with Gasteiger partial charge in [0.2, 0.25) is 0 Å².